The Balaban J connectivity index is 1.70. The van der Waals surface area contributed by atoms with E-state index < -0.39 is 37.8 Å². The fraction of sp³-hybridized carbons (Fsp3) is 0.0455. The van der Waals surface area contributed by atoms with Gasteiger partial charge in [-0.05, 0) is 72.3 Å². The molecule has 1 aliphatic rings. The van der Waals surface area contributed by atoms with E-state index in [1.165, 1.54) is 65.6 Å². The first-order valence-corrected chi connectivity index (χ1v) is 12.9. The number of hydrogen-bond donors (Lipinski definition) is 3. The SMILES string of the molecule is NS(=O)(=O)c1ccc(NC2=C[C@@H](c3ccc(F)cc3)N(c3ccc(S(N)(=O)=O)cc3)C2=O)cc1. The molecule has 5 N–H and O–H groups in total. The molecule has 1 amide bonds. The van der Waals surface area contributed by atoms with Gasteiger partial charge in [-0.15, -0.1) is 0 Å². The summed E-state index contributed by atoms with van der Waals surface area (Å²) in [6, 6.07) is 16.0. The molecular weight excluding hydrogens is 483 g/mol. The van der Waals surface area contributed by atoms with Crippen LogP contribution in [0.1, 0.15) is 11.6 Å². The molecule has 0 spiro atoms. The first-order chi connectivity index (χ1) is 15.9. The number of hydrogen-bond acceptors (Lipinski definition) is 6. The van der Waals surface area contributed by atoms with E-state index in [2.05, 4.69) is 5.32 Å². The van der Waals surface area contributed by atoms with Crippen LogP contribution < -0.4 is 20.5 Å². The van der Waals surface area contributed by atoms with Gasteiger partial charge < -0.3 is 5.32 Å². The summed E-state index contributed by atoms with van der Waals surface area (Å²) in [7, 11) is -7.78. The second kappa shape index (κ2) is 8.65. The molecule has 0 saturated heterocycles. The number of sulfonamides is 2. The van der Waals surface area contributed by atoms with E-state index in [9.17, 15) is 26.0 Å². The zero-order chi connectivity index (χ0) is 24.7. The van der Waals surface area contributed by atoms with E-state index >= 15 is 0 Å². The van der Waals surface area contributed by atoms with E-state index in [4.69, 9.17) is 10.3 Å². The van der Waals surface area contributed by atoms with E-state index in [0.717, 1.165) is 0 Å². The van der Waals surface area contributed by atoms with Crippen molar-refractivity contribution in [3.05, 3.63) is 96.0 Å². The molecule has 1 heterocycles. The van der Waals surface area contributed by atoms with Crippen molar-refractivity contribution >= 4 is 37.3 Å². The summed E-state index contributed by atoms with van der Waals surface area (Å²) in [5, 5.41) is 13.2. The Bertz CT molecular complexity index is 1490. The average molecular weight is 503 g/mol. The molecular formula is C22H19FN4O5S2. The molecule has 3 aromatic rings. The highest BCUT2D eigenvalue weighted by Gasteiger charge is 2.35. The topological polar surface area (TPSA) is 153 Å². The summed E-state index contributed by atoms with van der Waals surface area (Å²) in [5.74, 6) is -0.873. The van der Waals surface area contributed by atoms with Crippen molar-refractivity contribution in [2.75, 3.05) is 10.2 Å². The Hall–Kier alpha value is -3.58. The number of nitrogens with two attached hydrogens (primary N) is 2. The molecule has 34 heavy (non-hydrogen) atoms. The molecule has 0 saturated carbocycles. The molecule has 0 aliphatic carbocycles. The van der Waals surface area contributed by atoms with E-state index in [1.54, 1.807) is 18.2 Å². The molecule has 1 atom stereocenters. The maximum atomic E-state index is 13.5. The maximum absolute atomic E-state index is 13.5. The highest BCUT2D eigenvalue weighted by molar-refractivity contribution is 7.89. The van der Waals surface area contributed by atoms with Gasteiger partial charge in [0.1, 0.15) is 11.5 Å². The van der Waals surface area contributed by atoms with Crippen LogP contribution in [0.15, 0.2) is 94.4 Å². The van der Waals surface area contributed by atoms with Gasteiger partial charge in [-0.25, -0.2) is 31.5 Å². The van der Waals surface area contributed by atoms with E-state index in [-0.39, 0.29) is 15.5 Å². The van der Waals surface area contributed by atoms with Crippen LogP contribution in [-0.2, 0) is 24.8 Å². The van der Waals surface area contributed by atoms with E-state index in [1.807, 2.05) is 0 Å². The van der Waals surface area contributed by atoms with Crippen molar-refractivity contribution in [3.8, 4) is 0 Å². The number of primary sulfonamides is 2. The molecule has 12 heteroatoms. The first-order valence-electron chi connectivity index (χ1n) is 9.77. The Morgan fingerprint density at radius 1 is 0.765 bits per heavy atom. The Kier molecular flexibility index (Phi) is 6.00. The second-order valence-corrected chi connectivity index (χ2v) is 10.6. The highest BCUT2D eigenvalue weighted by Crippen LogP contribution is 2.36. The van der Waals surface area contributed by atoms with Gasteiger partial charge in [-0.2, -0.15) is 0 Å². The third-order valence-corrected chi connectivity index (χ3v) is 7.03. The number of halogens is 1. The summed E-state index contributed by atoms with van der Waals surface area (Å²) in [5.41, 5.74) is 1.64. The smallest absolute Gasteiger partial charge is 0.275 e. The Morgan fingerprint density at radius 3 is 1.76 bits per heavy atom. The minimum absolute atomic E-state index is 0.0782. The van der Waals surface area contributed by atoms with Crippen molar-refractivity contribution in [1.82, 2.24) is 0 Å². The van der Waals surface area contributed by atoms with Crippen LogP contribution in [0.3, 0.4) is 0 Å². The zero-order valence-corrected chi connectivity index (χ0v) is 19.1. The van der Waals surface area contributed by atoms with Gasteiger partial charge in [0, 0.05) is 11.4 Å². The van der Waals surface area contributed by atoms with Crippen molar-refractivity contribution in [2.45, 2.75) is 15.8 Å². The summed E-state index contributed by atoms with van der Waals surface area (Å²) in [6.45, 7) is 0. The second-order valence-electron chi connectivity index (χ2n) is 7.49. The van der Waals surface area contributed by atoms with Gasteiger partial charge in [-0.3, -0.25) is 9.69 Å². The van der Waals surface area contributed by atoms with Crippen molar-refractivity contribution in [1.29, 1.82) is 0 Å². The summed E-state index contributed by atoms with van der Waals surface area (Å²) >= 11 is 0. The maximum Gasteiger partial charge on any atom is 0.275 e. The lowest BCUT2D eigenvalue weighted by Gasteiger charge is -2.25. The molecule has 0 fully saturated rings. The Labute approximate surface area is 195 Å². The third kappa shape index (κ3) is 4.84. The van der Waals surface area contributed by atoms with Crippen LogP contribution in [0, 0.1) is 5.82 Å². The summed E-state index contributed by atoms with van der Waals surface area (Å²) < 4.78 is 59.6. The molecule has 0 unspecified atom stereocenters. The number of carbonyl (C=O) groups excluding carboxylic acids is 1. The molecule has 3 aromatic carbocycles. The van der Waals surface area contributed by atoms with Gasteiger partial charge >= 0.3 is 0 Å². The monoisotopic (exact) mass is 502 g/mol. The molecule has 9 nitrogen and oxygen atoms in total. The minimum atomic E-state index is -3.91. The quantitative estimate of drug-likeness (QED) is 0.470. The van der Waals surface area contributed by atoms with Gasteiger partial charge in [0.15, 0.2) is 0 Å². The van der Waals surface area contributed by atoms with Gasteiger partial charge in [0.05, 0.1) is 15.8 Å². The van der Waals surface area contributed by atoms with Crippen LogP contribution in [0.4, 0.5) is 15.8 Å². The highest BCUT2D eigenvalue weighted by atomic mass is 32.2. The van der Waals surface area contributed by atoms with Gasteiger partial charge in [-0.1, -0.05) is 12.1 Å². The van der Waals surface area contributed by atoms with Gasteiger partial charge in [0.25, 0.3) is 5.91 Å². The number of rotatable bonds is 6. The fourth-order valence-corrected chi connectivity index (χ4v) is 4.55. The van der Waals surface area contributed by atoms with Crippen molar-refractivity contribution in [3.63, 3.8) is 0 Å². The summed E-state index contributed by atoms with van der Waals surface area (Å²) in [6.07, 6.45) is 1.64. The first kappa shape index (κ1) is 23.6. The number of nitrogens with zero attached hydrogens (tertiary/aromatic N) is 1. The number of anilines is 2. The van der Waals surface area contributed by atoms with Crippen LogP contribution in [0.5, 0.6) is 0 Å². The standard InChI is InChI=1S/C22H19FN4O5S2/c23-15-3-1-14(2-4-15)21-13-20(26-16-5-9-18(10-6-16)33(24,29)30)22(28)27(21)17-7-11-19(12-8-17)34(25,31)32/h1-13,21,26H,(H2,24,29,30)(H2,25,31,32)/t21-/m0/s1. The lowest BCUT2D eigenvalue weighted by molar-refractivity contribution is -0.114. The average Bonchev–Trinajstić information content (AvgIpc) is 3.09. The van der Waals surface area contributed by atoms with Crippen LogP contribution in [0.25, 0.3) is 0 Å². The zero-order valence-electron chi connectivity index (χ0n) is 17.4. The van der Waals surface area contributed by atoms with Gasteiger partial charge in [0.2, 0.25) is 20.0 Å². The number of carbonyl (C=O) groups is 1. The number of amides is 1. The van der Waals surface area contributed by atoms with Crippen molar-refractivity contribution in [2.24, 2.45) is 10.3 Å². The fourth-order valence-electron chi connectivity index (χ4n) is 3.52. The molecule has 0 aromatic heterocycles. The van der Waals surface area contributed by atoms with Crippen LogP contribution in [-0.4, -0.2) is 22.7 Å². The molecule has 1 aliphatic heterocycles. The minimum Gasteiger partial charge on any atom is -0.351 e. The van der Waals surface area contributed by atoms with Crippen molar-refractivity contribution < 1.29 is 26.0 Å². The van der Waals surface area contributed by atoms with Crippen LogP contribution >= 0.6 is 0 Å². The number of nitrogens with one attached hydrogen (secondary N) is 1. The summed E-state index contributed by atoms with van der Waals surface area (Å²) in [4.78, 5) is 14.6. The lowest BCUT2D eigenvalue weighted by Crippen LogP contribution is -2.30. The van der Waals surface area contributed by atoms with E-state index in [0.29, 0.717) is 16.9 Å². The molecule has 176 valence electrons. The number of benzene rings is 3. The molecule has 0 radical (unpaired) electrons. The molecule has 0 bridgehead atoms. The third-order valence-electron chi connectivity index (χ3n) is 5.17. The predicted octanol–water partition coefficient (Wildman–Crippen LogP) is 2.20. The normalized spacial score (nSPS) is 16.4. The predicted molar refractivity (Wildman–Crippen MR) is 124 cm³/mol. The lowest BCUT2D eigenvalue weighted by atomic mass is 10.1. The molecule has 4 rings (SSSR count). The Morgan fingerprint density at radius 2 is 1.26 bits per heavy atom. The van der Waals surface area contributed by atoms with Crippen LogP contribution in [0.2, 0.25) is 0 Å². The largest absolute Gasteiger partial charge is 0.351 e.